The number of hydrogen-bond acceptors (Lipinski definition) is 3. The van der Waals surface area contributed by atoms with E-state index < -0.39 is 0 Å². The third-order valence-corrected chi connectivity index (χ3v) is 2.27. The maximum Gasteiger partial charge on any atom is 0.313 e. The molecule has 1 aromatic heterocycles. The van der Waals surface area contributed by atoms with E-state index in [0.29, 0.717) is 5.82 Å². The van der Waals surface area contributed by atoms with E-state index in [1.807, 2.05) is 0 Å². The molecule has 0 saturated carbocycles. The quantitative estimate of drug-likeness (QED) is 0.450. The lowest BCUT2D eigenvalue weighted by Gasteiger charge is -2.04. The van der Waals surface area contributed by atoms with Crippen LogP contribution in [0, 0.1) is 6.92 Å². The molecule has 0 atom stereocenters. The molecule has 68 valence electrons. The smallest absolute Gasteiger partial charge is 0.313 e. The summed E-state index contributed by atoms with van der Waals surface area (Å²) in [5.74, 6) is 1.01. The number of aromatic nitrogens is 2. The van der Waals surface area contributed by atoms with Crippen LogP contribution >= 0.6 is 0 Å². The number of fused-ring (bicyclic) bond motifs is 1. The van der Waals surface area contributed by atoms with Crippen LogP contribution in [-0.2, 0) is 13.6 Å². The minimum atomic E-state index is -0.200. The molecule has 0 aliphatic carbocycles. The number of nitrogens with zero attached hydrogens (tertiary/aromatic N) is 3. The molecule has 0 spiro atoms. The first-order valence-corrected chi connectivity index (χ1v) is 3.94. The molecule has 0 radical (unpaired) electrons. The molecule has 1 aromatic rings. The molecule has 1 aliphatic rings. The van der Waals surface area contributed by atoms with Gasteiger partial charge in [0.25, 0.3) is 5.82 Å². The zero-order valence-corrected chi connectivity index (χ0v) is 7.44. The first-order valence-electron chi connectivity index (χ1n) is 3.94. The van der Waals surface area contributed by atoms with Crippen molar-refractivity contribution in [3.05, 3.63) is 22.2 Å². The van der Waals surface area contributed by atoms with E-state index in [2.05, 4.69) is 4.99 Å². The first-order chi connectivity index (χ1) is 6.09. The molecule has 1 aliphatic heterocycles. The highest BCUT2D eigenvalue weighted by Gasteiger charge is 2.20. The van der Waals surface area contributed by atoms with Gasteiger partial charge in [0.05, 0.1) is 19.0 Å². The van der Waals surface area contributed by atoms with Gasteiger partial charge in [0.1, 0.15) is 6.54 Å². The van der Waals surface area contributed by atoms with Crippen LogP contribution in [0.2, 0.25) is 0 Å². The Labute approximate surface area is 74.6 Å². The third kappa shape index (κ3) is 1.04. The maximum atomic E-state index is 11.3. The highest BCUT2D eigenvalue weighted by Crippen LogP contribution is 2.07. The number of aliphatic imine (C=N–C) groups is 1. The zero-order valence-electron chi connectivity index (χ0n) is 7.44. The van der Waals surface area contributed by atoms with Crippen LogP contribution in [0.4, 0.5) is 5.82 Å². The summed E-state index contributed by atoms with van der Waals surface area (Å²) in [6.45, 7) is 2.04. The monoisotopic (exact) mass is 179 g/mol. The van der Waals surface area contributed by atoms with E-state index in [1.165, 1.54) is 10.6 Å². The van der Waals surface area contributed by atoms with E-state index >= 15 is 0 Å². The van der Waals surface area contributed by atoms with Crippen molar-refractivity contribution >= 4 is 11.7 Å². The molecule has 0 bridgehead atoms. The average Bonchev–Trinajstić information content (AvgIpc) is 2.42. The van der Waals surface area contributed by atoms with Crippen molar-refractivity contribution in [1.82, 2.24) is 4.57 Å². The van der Waals surface area contributed by atoms with Gasteiger partial charge in [-0.2, -0.15) is 0 Å². The van der Waals surface area contributed by atoms with Gasteiger partial charge >= 0.3 is 5.56 Å². The summed E-state index contributed by atoms with van der Waals surface area (Å²) in [6.07, 6.45) is 0. The van der Waals surface area contributed by atoms with Crippen LogP contribution in [0.3, 0.4) is 0 Å². The largest absolute Gasteiger partial charge is 0.847 e. The first kappa shape index (κ1) is 7.97. The van der Waals surface area contributed by atoms with Crippen molar-refractivity contribution in [2.24, 2.45) is 12.0 Å². The van der Waals surface area contributed by atoms with E-state index in [4.69, 9.17) is 0 Å². The standard InChI is InChI=1S/C8H9N3O2/c1-5-10(2)8(13)3-6-9-7(12)4-11(5)6/h3H,4H2,1-2H3. The molecule has 5 nitrogen and oxygen atoms in total. The van der Waals surface area contributed by atoms with Gasteiger partial charge in [-0.15, -0.1) is 4.99 Å². The number of rotatable bonds is 0. The average molecular weight is 179 g/mol. The van der Waals surface area contributed by atoms with Gasteiger partial charge < -0.3 is 5.11 Å². The molecule has 2 rings (SSSR count). The summed E-state index contributed by atoms with van der Waals surface area (Å²) >= 11 is 0. The van der Waals surface area contributed by atoms with Crippen LogP contribution in [0.15, 0.2) is 15.9 Å². The lowest BCUT2D eigenvalue weighted by atomic mass is 10.5. The summed E-state index contributed by atoms with van der Waals surface area (Å²) < 4.78 is 3.22. The molecule has 5 heteroatoms. The Bertz CT molecular complexity index is 459. The summed E-state index contributed by atoms with van der Waals surface area (Å²) in [5, 5.41) is 11.0. The Morgan fingerprint density at radius 3 is 3.08 bits per heavy atom. The molecule has 2 heterocycles. The van der Waals surface area contributed by atoms with Gasteiger partial charge in [0.15, 0.2) is 0 Å². The molecule has 0 fully saturated rings. The van der Waals surface area contributed by atoms with Gasteiger partial charge in [0, 0.05) is 6.92 Å². The van der Waals surface area contributed by atoms with Crippen LogP contribution in [0.25, 0.3) is 0 Å². The lowest BCUT2D eigenvalue weighted by molar-refractivity contribution is -0.679. The van der Waals surface area contributed by atoms with Gasteiger partial charge in [-0.1, -0.05) is 0 Å². The molecular weight excluding hydrogens is 170 g/mol. The van der Waals surface area contributed by atoms with Crippen LogP contribution < -0.4 is 15.2 Å². The minimum absolute atomic E-state index is 0.137. The van der Waals surface area contributed by atoms with Gasteiger partial charge in [-0.05, 0) is 0 Å². The van der Waals surface area contributed by atoms with E-state index in [-0.39, 0.29) is 18.0 Å². The topological polar surface area (TPSA) is 61.3 Å². The second-order valence-corrected chi connectivity index (χ2v) is 3.04. The fourth-order valence-corrected chi connectivity index (χ4v) is 1.38. The highest BCUT2D eigenvalue weighted by atomic mass is 16.3. The fraction of sp³-hybridized carbons (Fsp3) is 0.375. The second kappa shape index (κ2) is 2.42. The Hall–Kier alpha value is -1.65. The third-order valence-electron chi connectivity index (χ3n) is 2.27. The summed E-state index contributed by atoms with van der Waals surface area (Å²) in [7, 11) is 1.67. The Morgan fingerprint density at radius 2 is 2.38 bits per heavy atom. The Balaban J connectivity index is 2.75. The van der Waals surface area contributed by atoms with Crippen molar-refractivity contribution in [3.63, 3.8) is 0 Å². The van der Waals surface area contributed by atoms with Gasteiger partial charge in [-0.3, -0.25) is 4.79 Å². The van der Waals surface area contributed by atoms with Gasteiger partial charge in [0.2, 0.25) is 5.82 Å². The van der Waals surface area contributed by atoms with Gasteiger partial charge in [-0.25, -0.2) is 9.13 Å². The highest BCUT2D eigenvalue weighted by molar-refractivity contribution is 5.74. The van der Waals surface area contributed by atoms with Crippen LogP contribution in [0.1, 0.15) is 5.82 Å². The molecule has 13 heavy (non-hydrogen) atoms. The molecule has 0 unspecified atom stereocenters. The molecular formula is C8H9N3O2. The SMILES string of the molecule is Cc1n(C)c(=O)cc2[n+]1CC([O-])=N2. The normalized spacial score (nSPS) is 14.2. The summed E-state index contributed by atoms with van der Waals surface area (Å²) in [4.78, 5) is 15.0. The Kier molecular flexibility index (Phi) is 1.48. The van der Waals surface area contributed by atoms with E-state index in [9.17, 15) is 9.90 Å². The number of hydrogen-bond donors (Lipinski definition) is 0. The lowest BCUT2D eigenvalue weighted by Crippen LogP contribution is -2.44. The van der Waals surface area contributed by atoms with Crippen molar-refractivity contribution in [2.75, 3.05) is 0 Å². The molecule has 0 N–H and O–H groups in total. The van der Waals surface area contributed by atoms with Crippen molar-refractivity contribution < 1.29 is 9.67 Å². The predicted molar refractivity (Wildman–Crippen MR) is 43.7 cm³/mol. The van der Waals surface area contributed by atoms with Crippen molar-refractivity contribution in [3.8, 4) is 0 Å². The second-order valence-electron chi connectivity index (χ2n) is 3.04. The van der Waals surface area contributed by atoms with Crippen LogP contribution in [0.5, 0.6) is 0 Å². The maximum absolute atomic E-state index is 11.3. The minimum Gasteiger partial charge on any atom is -0.847 e. The molecule has 0 saturated heterocycles. The molecule has 0 amide bonds. The molecule has 0 aromatic carbocycles. The van der Waals surface area contributed by atoms with Crippen LogP contribution in [-0.4, -0.2) is 10.5 Å². The Morgan fingerprint density at radius 1 is 1.69 bits per heavy atom. The zero-order chi connectivity index (χ0) is 9.59. The van der Waals surface area contributed by atoms with Crippen molar-refractivity contribution in [2.45, 2.75) is 13.5 Å². The van der Waals surface area contributed by atoms with E-state index in [1.54, 1.807) is 18.5 Å². The summed E-state index contributed by atoms with van der Waals surface area (Å²) in [6, 6.07) is 1.37. The fourth-order valence-electron chi connectivity index (χ4n) is 1.38. The van der Waals surface area contributed by atoms with E-state index in [0.717, 1.165) is 5.82 Å². The predicted octanol–water partition coefficient (Wildman–Crippen LogP) is -1.61. The van der Waals surface area contributed by atoms with Crippen molar-refractivity contribution in [1.29, 1.82) is 0 Å². The summed E-state index contributed by atoms with van der Waals surface area (Å²) in [5.41, 5.74) is -0.137.